The van der Waals surface area contributed by atoms with E-state index < -0.39 is 27.9 Å². The summed E-state index contributed by atoms with van der Waals surface area (Å²) in [4.78, 5) is 25.2. The summed E-state index contributed by atoms with van der Waals surface area (Å²) in [5.41, 5.74) is 0.709. The molecular weight excluding hydrogens is 456 g/mol. The summed E-state index contributed by atoms with van der Waals surface area (Å²) in [6.45, 7) is 3.34. The summed E-state index contributed by atoms with van der Waals surface area (Å²) < 4.78 is 37.0. The quantitative estimate of drug-likeness (QED) is 0.452. The molecule has 34 heavy (non-hydrogen) atoms. The summed E-state index contributed by atoms with van der Waals surface area (Å²) in [5.74, 6) is -0.0288. The molecule has 0 bridgehead atoms. The van der Waals surface area contributed by atoms with Crippen molar-refractivity contribution < 1.29 is 27.5 Å². The van der Waals surface area contributed by atoms with Crippen LogP contribution in [0.3, 0.4) is 0 Å². The van der Waals surface area contributed by atoms with Gasteiger partial charge in [-0.2, -0.15) is 0 Å². The molecule has 0 radical (unpaired) electrons. The van der Waals surface area contributed by atoms with Gasteiger partial charge in [-0.25, -0.2) is 13.2 Å². The Balaban J connectivity index is 1.82. The third kappa shape index (κ3) is 6.14. The molecule has 0 spiro atoms. The van der Waals surface area contributed by atoms with Crippen LogP contribution in [-0.4, -0.2) is 39.2 Å². The number of benzene rings is 3. The third-order valence-electron chi connectivity index (χ3n) is 4.84. The van der Waals surface area contributed by atoms with Crippen LogP contribution in [0.1, 0.15) is 24.2 Å². The zero-order valence-corrected chi connectivity index (χ0v) is 19.9. The number of nitrogens with zero attached hydrogens (tertiary/aromatic N) is 1. The van der Waals surface area contributed by atoms with Gasteiger partial charge in [0.15, 0.2) is 0 Å². The van der Waals surface area contributed by atoms with E-state index in [9.17, 15) is 18.0 Å². The SMILES string of the molecule is CCOC(=O)c1ccccc1NC(=O)[C@@H](C)N(c1ccc(Oc2ccccc2)cc1)S(C)(=O)=O. The largest absolute Gasteiger partial charge is 0.462 e. The topological polar surface area (TPSA) is 102 Å². The number of carbonyl (C=O) groups excluding carboxylic acids is 2. The van der Waals surface area contributed by atoms with Crippen LogP contribution in [0.2, 0.25) is 0 Å². The maximum Gasteiger partial charge on any atom is 0.340 e. The molecule has 0 saturated heterocycles. The van der Waals surface area contributed by atoms with Gasteiger partial charge in [0.2, 0.25) is 15.9 Å². The molecule has 0 heterocycles. The predicted octanol–water partition coefficient (Wildman–Crippen LogP) is 4.45. The van der Waals surface area contributed by atoms with Crippen molar-refractivity contribution in [3.8, 4) is 11.5 Å². The molecule has 0 saturated carbocycles. The van der Waals surface area contributed by atoms with E-state index in [-0.39, 0.29) is 17.9 Å². The number of hydrogen-bond acceptors (Lipinski definition) is 6. The number of para-hydroxylation sites is 2. The van der Waals surface area contributed by atoms with Crippen LogP contribution in [0.25, 0.3) is 0 Å². The van der Waals surface area contributed by atoms with Gasteiger partial charge >= 0.3 is 5.97 Å². The van der Waals surface area contributed by atoms with Crippen molar-refractivity contribution >= 4 is 33.3 Å². The first-order chi connectivity index (χ1) is 16.2. The fourth-order valence-corrected chi connectivity index (χ4v) is 4.49. The van der Waals surface area contributed by atoms with Gasteiger partial charge in [-0.05, 0) is 62.4 Å². The molecule has 0 aliphatic carbocycles. The molecule has 178 valence electrons. The molecule has 1 amide bonds. The van der Waals surface area contributed by atoms with Crippen molar-refractivity contribution in [2.75, 3.05) is 22.5 Å². The summed E-state index contributed by atoms with van der Waals surface area (Å²) in [6.07, 6.45) is 1.03. The van der Waals surface area contributed by atoms with E-state index in [4.69, 9.17) is 9.47 Å². The number of carbonyl (C=O) groups is 2. The highest BCUT2D eigenvalue weighted by molar-refractivity contribution is 7.92. The average molecular weight is 483 g/mol. The summed E-state index contributed by atoms with van der Waals surface area (Å²) in [5, 5.41) is 2.65. The van der Waals surface area contributed by atoms with Crippen LogP contribution in [0.5, 0.6) is 11.5 Å². The molecule has 1 atom stereocenters. The smallest absolute Gasteiger partial charge is 0.340 e. The van der Waals surface area contributed by atoms with Crippen LogP contribution >= 0.6 is 0 Å². The van der Waals surface area contributed by atoms with Crippen molar-refractivity contribution in [2.45, 2.75) is 19.9 Å². The lowest BCUT2D eigenvalue weighted by atomic mass is 10.1. The Kier molecular flexibility index (Phi) is 7.91. The van der Waals surface area contributed by atoms with Gasteiger partial charge in [0, 0.05) is 0 Å². The molecule has 8 nitrogen and oxygen atoms in total. The monoisotopic (exact) mass is 482 g/mol. The molecule has 0 aliphatic rings. The van der Waals surface area contributed by atoms with Crippen molar-refractivity contribution in [1.82, 2.24) is 0 Å². The molecule has 1 N–H and O–H groups in total. The van der Waals surface area contributed by atoms with Crippen molar-refractivity contribution in [3.05, 3.63) is 84.4 Å². The summed E-state index contributed by atoms with van der Waals surface area (Å²) >= 11 is 0. The van der Waals surface area contributed by atoms with E-state index >= 15 is 0 Å². The van der Waals surface area contributed by atoms with Crippen molar-refractivity contribution in [2.24, 2.45) is 0 Å². The van der Waals surface area contributed by atoms with Crippen LogP contribution < -0.4 is 14.4 Å². The maximum absolute atomic E-state index is 13.0. The minimum Gasteiger partial charge on any atom is -0.462 e. The number of hydrogen-bond donors (Lipinski definition) is 1. The van der Waals surface area contributed by atoms with Gasteiger partial charge in [-0.3, -0.25) is 9.10 Å². The number of anilines is 2. The van der Waals surface area contributed by atoms with E-state index in [1.807, 2.05) is 18.2 Å². The van der Waals surface area contributed by atoms with E-state index in [0.29, 0.717) is 17.2 Å². The molecule has 0 fully saturated rings. The third-order valence-corrected chi connectivity index (χ3v) is 6.08. The number of amides is 1. The highest BCUT2D eigenvalue weighted by Crippen LogP contribution is 2.27. The normalized spacial score (nSPS) is 11.9. The number of esters is 1. The number of sulfonamides is 1. The van der Waals surface area contributed by atoms with Crippen molar-refractivity contribution in [3.63, 3.8) is 0 Å². The van der Waals surface area contributed by atoms with Gasteiger partial charge in [-0.1, -0.05) is 30.3 Å². The number of nitrogens with one attached hydrogen (secondary N) is 1. The minimum atomic E-state index is -3.82. The molecule has 0 aromatic heterocycles. The Labute approximate surface area is 199 Å². The highest BCUT2D eigenvalue weighted by Gasteiger charge is 2.30. The van der Waals surface area contributed by atoms with E-state index in [2.05, 4.69) is 5.32 Å². The minimum absolute atomic E-state index is 0.179. The molecule has 3 aromatic carbocycles. The maximum atomic E-state index is 13.0. The van der Waals surface area contributed by atoms with E-state index in [0.717, 1.165) is 10.6 Å². The van der Waals surface area contributed by atoms with E-state index in [1.165, 1.54) is 13.0 Å². The zero-order chi connectivity index (χ0) is 24.7. The molecule has 9 heteroatoms. The first-order valence-electron chi connectivity index (χ1n) is 10.6. The highest BCUT2D eigenvalue weighted by atomic mass is 32.2. The predicted molar refractivity (Wildman–Crippen MR) is 131 cm³/mol. The second-order valence-corrected chi connectivity index (χ2v) is 9.26. The first kappa shape index (κ1) is 24.8. The fraction of sp³-hybridized carbons (Fsp3) is 0.200. The van der Waals surface area contributed by atoms with Crippen molar-refractivity contribution in [1.29, 1.82) is 0 Å². The first-order valence-corrected chi connectivity index (χ1v) is 12.4. The lowest BCUT2D eigenvalue weighted by molar-refractivity contribution is -0.116. The summed E-state index contributed by atoms with van der Waals surface area (Å²) in [7, 11) is -3.82. The van der Waals surface area contributed by atoms with Crippen LogP contribution in [-0.2, 0) is 19.6 Å². The van der Waals surface area contributed by atoms with Gasteiger partial charge in [0.05, 0.1) is 29.8 Å². The van der Waals surface area contributed by atoms with Gasteiger partial charge in [0.1, 0.15) is 17.5 Å². The van der Waals surface area contributed by atoms with Gasteiger partial charge in [-0.15, -0.1) is 0 Å². The summed E-state index contributed by atoms with van der Waals surface area (Å²) in [6, 6.07) is 20.8. The second-order valence-electron chi connectivity index (χ2n) is 7.40. The van der Waals surface area contributed by atoms with Crippen LogP contribution in [0.4, 0.5) is 11.4 Å². The molecule has 0 unspecified atom stereocenters. The second kappa shape index (κ2) is 10.8. The molecule has 3 aromatic rings. The lowest BCUT2D eigenvalue weighted by Crippen LogP contribution is -2.45. The van der Waals surface area contributed by atoms with E-state index in [1.54, 1.807) is 61.5 Å². The molecule has 3 rings (SSSR count). The molecule has 0 aliphatic heterocycles. The Morgan fingerprint density at radius 3 is 2.12 bits per heavy atom. The Morgan fingerprint density at radius 2 is 1.50 bits per heavy atom. The van der Waals surface area contributed by atoms with Crippen LogP contribution in [0.15, 0.2) is 78.9 Å². The lowest BCUT2D eigenvalue weighted by Gasteiger charge is -2.28. The number of ether oxygens (including phenoxy) is 2. The Hall–Kier alpha value is -3.85. The zero-order valence-electron chi connectivity index (χ0n) is 19.1. The Bertz CT molecular complexity index is 1240. The van der Waals surface area contributed by atoms with Crippen LogP contribution in [0, 0.1) is 0 Å². The fourth-order valence-electron chi connectivity index (χ4n) is 3.31. The average Bonchev–Trinajstić information content (AvgIpc) is 2.80. The number of rotatable bonds is 9. The Morgan fingerprint density at radius 1 is 0.912 bits per heavy atom. The molecular formula is C25H26N2O6S. The van der Waals surface area contributed by atoms with Gasteiger partial charge in [0.25, 0.3) is 0 Å². The van der Waals surface area contributed by atoms with Gasteiger partial charge < -0.3 is 14.8 Å². The standard InChI is InChI=1S/C25H26N2O6S/c1-4-32-25(29)22-12-8-9-13-23(22)26-24(28)18(2)27(34(3,30)31)19-14-16-21(17-15-19)33-20-10-6-5-7-11-20/h5-18H,4H2,1-3H3,(H,26,28)/t18-/m1/s1.